The van der Waals surface area contributed by atoms with Gasteiger partial charge in [-0.15, -0.1) is 0 Å². The van der Waals surface area contributed by atoms with Gasteiger partial charge in [0.25, 0.3) is 11.6 Å². The van der Waals surface area contributed by atoms with Gasteiger partial charge >= 0.3 is 0 Å². The van der Waals surface area contributed by atoms with Crippen molar-refractivity contribution in [3.63, 3.8) is 0 Å². The number of carbonyl (C=O) groups excluding carboxylic acids is 1. The molecule has 1 aromatic carbocycles. The fourth-order valence-corrected chi connectivity index (χ4v) is 1.74. The second-order valence-corrected chi connectivity index (χ2v) is 4.42. The van der Waals surface area contributed by atoms with Crippen molar-refractivity contribution in [3.8, 4) is 0 Å². The first-order chi connectivity index (χ1) is 9.06. The minimum atomic E-state index is -0.516. The first-order valence-electron chi connectivity index (χ1n) is 5.24. The van der Waals surface area contributed by atoms with Crippen LogP contribution in [0.3, 0.4) is 0 Å². The number of non-ortho nitro benzene ring substituents is 1. The molecule has 0 radical (unpaired) electrons. The number of hydrogen-bond acceptors (Lipinski definition) is 4. The van der Waals surface area contributed by atoms with Gasteiger partial charge < -0.3 is 5.32 Å². The monoisotopic (exact) mass is 321 g/mol. The van der Waals surface area contributed by atoms with E-state index in [0.717, 1.165) is 0 Å². The molecule has 0 atom stereocenters. The van der Waals surface area contributed by atoms with Crippen molar-refractivity contribution in [1.82, 2.24) is 4.98 Å². The van der Waals surface area contributed by atoms with Gasteiger partial charge in [-0.25, -0.2) is 4.98 Å². The highest BCUT2D eigenvalue weighted by molar-refractivity contribution is 9.10. The Morgan fingerprint density at radius 1 is 1.21 bits per heavy atom. The summed E-state index contributed by atoms with van der Waals surface area (Å²) in [4.78, 5) is 25.9. The van der Waals surface area contributed by atoms with E-state index in [4.69, 9.17) is 0 Å². The van der Waals surface area contributed by atoms with Crippen molar-refractivity contribution in [2.24, 2.45) is 0 Å². The number of halogens is 1. The molecule has 1 heterocycles. The second-order valence-electron chi connectivity index (χ2n) is 3.60. The fraction of sp³-hybridized carbons (Fsp3) is 0. The molecule has 2 aromatic rings. The van der Waals surface area contributed by atoms with Gasteiger partial charge in [-0.2, -0.15) is 0 Å². The van der Waals surface area contributed by atoms with Crippen molar-refractivity contribution in [3.05, 3.63) is 62.7 Å². The van der Waals surface area contributed by atoms with E-state index in [2.05, 4.69) is 26.2 Å². The van der Waals surface area contributed by atoms with Crippen LogP contribution < -0.4 is 5.32 Å². The van der Waals surface area contributed by atoms with Crippen molar-refractivity contribution in [2.75, 3.05) is 5.32 Å². The van der Waals surface area contributed by atoms with Gasteiger partial charge in [0.15, 0.2) is 0 Å². The number of nitro benzene ring substituents is 1. The summed E-state index contributed by atoms with van der Waals surface area (Å²) in [6.07, 6.45) is 0. The Hall–Kier alpha value is -2.28. The van der Waals surface area contributed by atoms with Gasteiger partial charge in [0.1, 0.15) is 10.4 Å². The molecule has 0 aliphatic carbocycles. The smallest absolute Gasteiger partial charge is 0.269 e. The molecule has 0 saturated heterocycles. The van der Waals surface area contributed by atoms with Crippen molar-refractivity contribution in [2.45, 2.75) is 0 Å². The number of aromatic nitrogens is 1. The molecule has 0 bridgehead atoms. The lowest BCUT2D eigenvalue weighted by Gasteiger charge is -2.04. The topological polar surface area (TPSA) is 85.1 Å². The number of amides is 1. The first kappa shape index (κ1) is 13.2. The van der Waals surface area contributed by atoms with E-state index >= 15 is 0 Å². The molecule has 7 heteroatoms. The Kier molecular flexibility index (Phi) is 3.86. The summed E-state index contributed by atoms with van der Waals surface area (Å²) >= 11 is 3.20. The molecule has 0 fully saturated rings. The number of nitrogens with one attached hydrogen (secondary N) is 1. The van der Waals surface area contributed by atoms with Gasteiger partial charge in [-0.3, -0.25) is 14.9 Å². The maximum Gasteiger partial charge on any atom is 0.269 e. The van der Waals surface area contributed by atoms with Crippen molar-refractivity contribution in [1.29, 1.82) is 0 Å². The van der Waals surface area contributed by atoms with E-state index in [0.29, 0.717) is 16.0 Å². The SMILES string of the molecule is O=C(Nc1cccc(Br)n1)c1ccc([N+](=O)[O-])cc1. The highest BCUT2D eigenvalue weighted by atomic mass is 79.9. The number of benzene rings is 1. The minimum Gasteiger partial charge on any atom is -0.307 e. The fourth-order valence-electron chi connectivity index (χ4n) is 1.40. The summed E-state index contributed by atoms with van der Waals surface area (Å²) in [5, 5.41) is 13.1. The number of pyridine rings is 1. The lowest BCUT2D eigenvalue weighted by atomic mass is 10.2. The predicted octanol–water partition coefficient (Wildman–Crippen LogP) is 3.00. The Balaban J connectivity index is 2.14. The third-order valence-electron chi connectivity index (χ3n) is 2.30. The number of nitro groups is 1. The van der Waals surface area contributed by atoms with Crippen LogP contribution in [0.4, 0.5) is 11.5 Å². The Morgan fingerprint density at radius 3 is 2.47 bits per heavy atom. The van der Waals surface area contributed by atoms with Crippen LogP contribution in [0.1, 0.15) is 10.4 Å². The zero-order chi connectivity index (χ0) is 13.8. The predicted molar refractivity (Wildman–Crippen MR) is 73.0 cm³/mol. The number of hydrogen-bond donors (Lipinski definition) is 1. The Bertz CT molecular complexity index is 628. The molecule has 96 valence electrons. The third-order valence-corrected chi connectivity index (χ3v) is 2.74. The molecule has 0 unspecified atom stereocenters. The van der Waals surface area contributed by atoms with E-state index in [1.54, 1.807) is 18.2 Å². The molecule has 0 aliphatic heterocycles. The molecule has 0 aliphatic rings. The zero-order valence-corrected chi connectivity index (χ0v) is 11.1. The quantitative estimate of drug-likeness (QED) is 0.535. The molecule has 1 aromatic heterocycles. The largest absolute Gasteiger partial charge is 0.307 e. The molecule has 0 saturated carbocycles. The minimum absolute atomic E-state index is 0.0582. The average molecular weight is 322 g/mol. The van der Waals surface area contributed by atoms with Crippen LogP contribution in [0.25, 0.3) is 0 Å². The molecular formula is C12H8BrN3O3. The van der Waals surface area contributed by atoms with Crippen LogP contribution in [0.5, 0.6) is 0 Å². The van der Waals surface area contributed by atoms with E-state index < -0.39 is 4.92 Å². The van der Waals surface area contributed by atoms with Crippen LogP contribution in [0.15, 0.2) is 47.1 Å². The number of anilines is 1. The van der Waals surface area contributed by atoms with Gasteiger partial charge in [0.05, 0.1) is 4.92 Å². The van der Waals surface area contributed by atoms with Crippen LogP contribution in [0, 0.1) is 10.1 Å². The summed E-state index contributed by atoms with van der Waals surface area (Å²) in [7, 11) is 0. The molecule has 0 spiro atoms. The van der Waals surface area contributed by atoms with E-state index in [-0.39, 0.29) is 11.6 Å². The summed E-state index contributed by atoms with van der Waals surface area (Å²) < 4.78 is 0.606. The van der Waals surface area contributed by atoms with E-state index in [1.165, 1.54) is 24.3 Å². The summed E-state index contributed by atoms with van der Waals surface area (Å²) in [6, 6.07) is 10.5. The van der Waals surface area contributed by atoms with Gasteiger partial charge in [-0.05, 0) is 40.2 Å². The number of nitrogens with zero attached hydrogens (tertiary/aromatic N) is 2. The average Bonchev–Trinajstić information content (AvgIpc) is 2.39. The summed E-state index contributed by atoms with van der Waals surface area (Å²) in [5.74, 6) is 0.0261. The highest BCUT2D eigenvalue weighted by Crippen LogP contribution is 2.14. The molecule has 1 amide bonds. The molecule has 1 N–H and O–H groups in total. The van der Waals surface area contributed by atoms with E-state index in [9.17, 15) is 14.9 Å². The van der Waals surface area contributed by atoms with Crippen LogP contribution in [-0.4, -0.2) is 15.8 Å². The molecule has 19 heavy (non-hydrogen) atoms. The lowest BCUT2D eigenvalue weighted by molar-refractivity contribution is -0.384. The van der Waals surface area contributed by atoms with Crippen LogP contribution in [0.2, 0.25) is 0 Å². The normalized spacial score (nSPS) is 9.95. The highest BCUT2D eigenvalue weighted by Gasteiger charge is 2.10. The van der Waals surface area contributed by atoms with Gasteiger partial charge in [0.2, 0.25) is 0 Å². The van der Waals surface area contributed by atoms with Crippen molar-refractivity contribution >= 4 is 33.3 Å². The van der Waals surface area contributed by atoms with Gasteiger partial charge in [0, 0.05) is 17.7 Å². The molecular weight excluding hydrogens is 314 g/mol. The Morgan fingerprint density at radius 2 is 1.89 bits per heavy atom. The van der Waals surface area contributed by atoms with Gasteiger partial charge in [-0.1, -0.05) is 6.07 Å². The lowest BCUT2D eigenvalue weighted by Crippen LogP contribution is -2.12. The second kappa shape index (κ2) is 5.57. The first-order valence-corrected chi connectivity index (χ1v) is 6.04. The molecule has 2 rings (SSSR count). The van der Waals surface area contributed by atoms with Crippen LogP contribution in [-0.2, 0) is 0 Å². The number of rotatable bonds is 3. The maximum absolute atomic E-state index is 11.9. The third kappa shape index (κ3) is 3.35. The summed E-state index contributed by atoms with van der Waals surface area (Å²) in [6.45, 7) is 0. The van der Waals surface area contributed by atoms with Crippen molar-refractivity contribution < 1.29 is 9.72 Å². The Labute approximate surface area is 116 Å². The zero-order valence-electron chi connectivity index (χ0n) is 9.54. The standard InChI is InChI=1S/C12H8BrN3O3/c13-10-2-1-3-11(14-10)15-12(17)8-4-6-9(7-5-8)16(18)19/h1-7H,(H,14,15,17). The summed E-state index contributed by atoms with van der Waals surface area (Å²) in [5.41, 5.74) is 0.268. The van der Waals surface area contributed by atoms with Crippen LogP contribution >= 0.6 is 15.9 Å². The van der Waals surface area contributed by atoms with E-state index in [1.807, 2.05) is 0 Å². The number of carbonyl (C=O) groups is 1. The molecule has 6 nitrogen and oxygen atoms in total. The maximum atomic E-state index is 11.9.